The third-order valence-corrected chi connectivity index (χ3v) is 1.81. The van der Waals surface area contributed by atoms with E-state index >= 15 is 0 Å². The molecule has 0 aliphatic rings. The van der Waals surface area contributed by atoms with Gasteiger partial charge >= 0.3 is 12.3 Å². The minimum Gasteiger partial charge on any atom is -0.364 e. The maximum absolute atomic E-state index is 12.6. The molecule has 1 heterocycles. The fourth-order valence-corrected chi connectivity index (χ4v) is 0.986. The van der Waals surface area contributed by atoms with Gasteiger partial charge < -0.3 is 10.6 Å². The Kier molecular flexibility index (Phi) is 4.47. The number of alkyl halides is 4. The Morgan fingerprint density at radius 3 is 2.65 bits per heavy atom. The molecule has 96 valence electrons. The third-order valence-electron chi connectivity index (χ3n) is 1.81. The summed E-state index contributed by atoms with van der Waals surface area (Å²) >= 11 is 0. The summed E-state index contributed by atoms with van der Waals surface area (Å²) < 4.78 is 49.0. The second kappa shape index (κ2) is 5.65. The van der Waals surface area contributed by atoms with Crippen LogP contribution in [0, 0.1) is 0 Å². The first kappa shape index (κ1) is 13.5. The monoisotopic (exact) mass is 252 g/mol. The predicted octanol–water partition coefficient (Wildman–Crippen LogP) is 2.22. The molecular weight excluding hydrogens is 240 g/mol. The molecule has 0 unspecified atom stereocenters. The van der Waals surface area contributed by atoms with Crippen LogP contribution in [0.4, 0.5) is 29.3 Å². The minimum absolute atomic E-state index is 0.0660. The Balaban J connectivity index is 2.60. The second-order valence-electron chi connectivity index (χ2n) is 3.21. The van der Waals surface area contributed by atoms with Gasteiger partial charge in [0.25, 0.3) is 0 Å². The standard InChI is InChI=1S/C9H12F4N4/c1-2-14-8-15-4-3-6(17-8)16-5-9(12,13)7(10)11/h3-4,7H,2,5H2,1H3,(H2,14,15,16,17). The first-order valence-electron chi connectivity index (χ1n) is 4.92. The van der Waals surface area contributed by atoms with Gasteiger partial charge in [-0.25, -0.2) is 13.8 Å². The maximum atomic E-state index is 12.6. The highest BCUT2D eigenvalue weighted by atomic mass is 19.3. The van der Waals surface area contributed by atoms with Crippen LogP contribution in [0.3, 0.4) is 0 Å². The lowest BCUT2D eigenvalue weighted by Crippen LogP contribution is -2.35. The zero-order valence-corrected chi connectivity index (χ0v) is 9.05. The van der Waals surface area contributed by atoms with E-state index < -0.39 is 18.9 Å². The summed E-state index contributed by atoms with van der Waals surface area (Å²) in [5.41, 5.74) is 0. The van der Waals surface area contributed by atoms with Crippen LogP contribution in [0.1, 0.15) is 6.92 Å². The molecule has 1 rings (SSSR count). The Labute approximate surface area is 95.5 Å². The van der Waals surface area contributed by atoms with Gasteiger partial charge in [0.1, 0.15) is 5.82 Å². The summed E-state index contributed by atoms with van der Waals surface area (Å²) in [5, 5.41) is 4.91. The number of anilines is 2. The molecule has 0 radical (unpaired) electrons. The highest BCUT2D eigenvalue weighted by Crippen LogP contribution is 2.22. The van der Waals surface area contributed by atoms with Gasteiger partial charge in [-0.3, -0.25) is 0 Å². The maximum Gasteiger partial charge on any atom is 0.324 e. The van der Waals surface area contributed by atoms with Gasteiger partial charge in [-0.1, -0.05) is 0 Å². The molecule has 4 nitrogen and oxygen atoms in total. The zero-order chi connectivity index (χ0) is 12.9. The summed E-state index contributed by atoms with van der Waals surface area (Å²) in [7, 11) is 0. The van der Waals surface area contributed by atoms with Crippen molar-refractivity contribution in [3.05, 3.63) is 12.3 Å². The van der Waals surface area contributed by atoms with Gasteiger partial charge in [-0.15, -0.1) is 0 Å². The van der Waals surface area contributed by atoms with Crippen LogP contribution in [0.15, 0.2) is 12.3 Å². The van der Waals surface area contributed by atoms with Gasteiger partial charge in [0, 0.05) is 12.7 Å². The molecule has 0 saturated heterocycles. The molecule has 0 aliphatic carbocycles. The second-order valence-corrected chi connectivity index (χ2v) is 3.21. The first-order valence-corrected chi connectivity index (χ1v) is 4.92. The number of nitrogens with zero attached hydrogens (tertiary/aromatic N) is 2. The molecule has 2 N–H and O–H groups in total. The Morgan fingerprint density at radius 2 is 2.06 bits per heavy atom. The summed E-state index contributed by atoms with van der Waals surface area (Å²) in [5.74, 6) is -3.77. The fourth-order valence-electron chi connectivity index (χ4n) is 0.986. The van der Waals surface area contributed by atoms with E-state index in [1.165, 1.54) is 12.3 Å². The van der Waals surface area contributed by atoms with Crippen LogP contribution < -0.4 is 10.6 Å². The number of rotatable bonds is 6. The van der Waals surface area contributed by atoms with Crippen LogP contribution in [0.5, 0.6) is 0 Å². The summed E-state index contributed by atoms with van der Waals surface area (Å²) in [6, 6.07) is 1.32. The van der Waals surface area contributed by atoms with Gasteiger partial charge in [0.2, 0.25) is 5.95 Å². The van der Waals surface area contributed by atoms with E-state index in [9.17, 15) is 17.6 Å². The molecule has 0 bridgehead atoms. The smallest absolute Gasteiger partial charge is 0.324 e. The Morgan fingerprint density at radius 1 is 1.35 bits per heavy atom. The van der Waals surface area contributed by atoms with E-state index in [1.807, 2.05) is 6.92 Å². The molecule has 8 heteroatoms. The van der Waals surface area contributed by atoms with Crippen molar-refractivity contribution in [2.75, 3.05) is 23.7 Å². The van der Waals surface area contributed by atoms with Crippen molar-refractivity contribution in [1.29, 1.82) is 0 Å². The van der Waals surface area contributed by atoms with Gasteiger partial charge in [0.05, 0.1) is 6.54 Å². The van der Waals surface area contributed by atoms with Gasteiger partial charge in [0.15, 0.2) is 0 Å². The highest BCUT2D eigenvalue weighted by molar-refractivity contribution is 5.39. The Hall–Kier alpha value is -1.60. The molecule has 0 spiro atoms. The lowest BCUT2D eigenvalue weighted by Gasteiger charge is -2.16. The summed E-state index contributed by atoms with van der Waals surface area (Å²) in [6.07, 6.45) is -2.36. The number of hydrogen-bond acceptors (Lipinski definition) is 4. The minimum atomic E-state index is -4.08. The fraction of sp³-hybridized carbons (Fsp3) is 0.556. The van der Waals surface area contributed by atoms with Gasteiger partial charge in [-0.05, 0) is 13.0 Å². The molecule has 0 saturated carbocycles. The van der Waals surface area contributed by atoms with Gasteiger partial charge in [-0.2, -0.15) is 13.8 Å². The molecule has 0 aromatic carbocycles. The normalized spacial score (nSPS) is 11.6. The van der Waals surface area contributed by atoms with Crippen molar-refractivity contribution < 1.29 is 17.6 Å². The summed E-state index contributed by atoms with van der Waals surface area (Å²) in [4.78, 5) is 7.62. The van der Waals surface area contributed by atoms with E-state index in [4.69, 9.17) is 0 Å². The highest BCUT2D eigenvalue weighted by Gasteiger charge is 2.40. The van der Waals surface area contributed by atoms with E-state index in [-0.39, 0.29) is 11.8 Å². The molecular formula is C9H12F4N4. The zero-order valence-electron chi connectivity index (χ0n) is 9.05. The van der Waals surface area contributed by atoms with E-state index in [0.717, 1.165) is 0 Å². The van der Waals surface area contributed by atoms with Crippen molar-refractivity contribution in [2.24, 2.45) is 0 Å². The van der Waals surface area contributed by atoms with Crippen molar-refractivity contribution in [2.45, 2.75) is 19.3 Å². The van der Waals surface area contributed by atoms with Crippen LogP contribution in [0.2, 0.25) is 0 Å². The summed E-state index contributed by atoms with van der Waals surface area (Å²) in [6.45, 7) is 1.21. The first-order chi connectivity index (χ1) is 7.95. The average Bonchev–Trinajstić information content (AvgIpc) is 2.27. The average molecular weight is 252 g/mol. The largest absolute Gasteiger partial charge is 0.364 e. The lowest BCUT2D eigenvalue weighted by atomic mass is 10.3. The predicted molar refractivity (Wildman–Crippen MR) is 55.6 cm³/mol. The molecule has 0 atom stereocenters. The van der Waals surface area contributed by atoms with Crippen LogP contribution in [-0.2, 0) is 0 Å². The molecule has 0 fully saturated rings. The number of hydrogen-bond donors (Lipinski definition) is 2. The molecule has 1 aromatic heterocycles. The molecule has 17 heavy (non-hydrogen) atoms. The SMILES string of the molecule is CCNc1nccc(NCC(F)(F)C(F)F)n1. The number of halogens is 4. The quantitative estimate of drug-likeness (QED) is 0.762. The Bertz CT molecular complexity index is 359. The molecule has 0 amide bonds. The number of nitrogens with one attached hydrogen (secondary N) is 2. The molecule has 1 aromatic rings. The van der Waals surface area contributed by atoms with Crippen LogP contribution in [0.25, 0.3) is 0 Å². The third kappa shape index (κ3) is 4.04. The van der Waals surface area contributed by atoms with Crippen LogP contribution >= 0.6 is 0 Å². The van der Waals surface area contributed by atoms with E-state index in [2.05, 4.69) is 20.6 Å². The molecule has 0 aliphatic heterocycles. The van der Waals surface area contributed by atoms with Crippen molar-refractivity contribution in [3.8, 4) is 0 Å². The van der Waals surface area contributed by atoms with Crippen LogP contribution in [-0.4, -0.2) is 35.4 Å². The lowest BCUT2D eigenvalue weighted by molar-refractivity contribution is -0.117. The van der Waals surface area contributed by atoms with Crippen molar-refractivity contribution in [1.82, 2.24) is 9.97 Å². The van der Waals surface area contributed by atoms with Crippen molar-refractivity contribution in [3.63, 3.8) is 0 Å². The van der Waals surface area contributed by atoms with Crippen molar-refractivity contribution >= 4 is 11.8 Å². The van der Waals surface area contributed by atoms with E-state index in [0.29, 0.717) is 6.54 Å². The van der Waals surface area contributed by atoms with E-state index in [1.54, 1.807) is 0 Å². The topological polar surface area (TPSA) is 49.8 Å². The number of aromatic nitrogens is 2.